The molecule has 0 aliphatic rings. The zero-order valence-corrected chi connectivity index (χ0v) is 17.1. The van der Waals surface area contributed by atoms with E-state index in [1.807, 2.05) is 0 Å². The second kappa shape index (κ2) is 8.23. The highest BCUT2D eigenvalue weighted by molar-refractivity contribution is 6.20. The summed E-state index contributed by atoms with van der Waals surface area (Å²) in [5.41, 5.74) is 8.44. The van der Waals surface area contributed by atoms with Crippen molar-refractivity contribution >= 4 is 28.6 Å². The molecule has 4 aromatic rings. The van der Waals surface area contributed by atoms with Crippen LogP contribution in [-0.4, -0.2) is 30.3 Å². The Kier molecular flexibility index (Phi) is 5.32. The molecule has 0 saturated carbocycles. The summed E-state index contributed by atoms with van der Waals surface area (Å²) in [5, 5.41) is 2.83. The molecule has 2 aromatic carbocycles. The fourth-order valence-electron chi connectivity index (χ4n) is 3.49. The van der Waals surface area contributed by atoms with Crippen molar-refractivity contribution in [1.29, 1.82) is 0 Å². The Labute approximate surface area is 179 Å². The maximum absolute atomic E-state index is 13.3. The van der Waals surface area contributed by atoms with E-state index in [2.05, 4.69) is 5.32 Å². The molecule has 0 spiro atoms. The Hall–Kier alpha value is -4.26. The second-order valence-electron chi connectivity index (χ2n) is 6.84. The van der Waals surface area contributed by atoms with Crippen LogP contribution >= 0.6 is 0 Å². The number of hydrogen-bond acceptors (Lipinski definition) is 5. The van der Waals surface area contributed by atoms with Crippen LogP contribution in [0.3, 0.4) is 0 Å². The van der Waals surface area contributed by atoms with Crippen LogP contribution in [0.4, 0.5) is 11.4 Å². The van der Waals surface area contributed by atoms with Gasteiger partial charge in [0, 0.05) is 23.5 Å². The third-order valence-electron chi connectivity index (χ3n) is 4.98. The smallest absolute Gasteiger partial charge is 0.259 e. The Morgan fingerprint density at radius 2 is 1.61 bits per heavy atom. The molecule has 31 heavy (non-hydrogen) atoms. The number of aromatic nitrogens is 1. The highest BCUT2D eigenvalue weighted by Gasteiger charge is 2.26. The van der Waals surface area contributed by atoms with Gasteiger partial charge in [-0.1, -0.05) is 24.3 Å². The zero-order chi connectivity index (χ0) is 22.0. The molecular formula is C24H21N3O4. The minimum Gasteiger partial charge on any atom is -0.497 e. The minimum atomic E-state index is -0.417. The van der Waals surface area contributed by atoms with Crippen LogP contribution in [0.1, 0.15) is 26.4 Å². The lowest BCUT2D eigenvalue weighted by Gasteiger charge is -2.07. The molecule has 7 nitrogen and oxygen atoms in total. The van der Waals surface area contributed by atoms with Gasteiger partial charge in [0.2, 0.25) is 5.78 Å². The van der Waals surface area contributed by atoms with Crippen molar-refractivity contribution in [2.75, 3.05) is 25.3 Å². The van der Waals surface area contributed by atoms with E-state index < -0.39 is 5.91 Å². The van der Waals surface area contributed by atoms with Gasteiger partial charge in [-0.05, 0) is 36.4 Å². The summed E-state index contributed by atoms with van der Waals surface area (Å²) < 4.78 is 12.1. The molecule has 3 N–H and O–H groups in total. The quantitative estimate of drug-likeness (QED) is 0.464. The number of rotatable bonds is 6. The Bertz CT molecular complexity index is 1290. The van der Waals surface area contributed by atoms with Crippen molar-refractivity contribution in [3.05, 3.63) is 89.7 Å². The standard InChI is InChI=1S/C24H21N3O4/c1-30-17-9-5-7-15(13-17)23(28)22-21(25)20(19-11-3-4-12-27(19)22)24(29)26-16-8-6-10-18(14-16)31-2/h3-14H,25H2,1-2H3,(H,26,29). The van der Waals surface area contributed by atoms with Crippen molar-refractivity contribution in [3.63, 3.8) is 0 Å². The van der Waals surface area contributed by atoms with E-state index in [9.17, 15) is 9.59 Å². The number of hydrogen-bond donors (Lipinski definition) is 2. The van der Waals surface area contributed by atoms with Gasteiger partial charge in [0.1, 0.15) is 17.2 Å². The fourth-order valence-corrected chi connectivity index (χ4v) is 3.49. The van der Waals surface area contributed by atoms with Gasteiger partial charge >= 0.3 is 0 Å². The summed E-state index contributed by atoms with van der Waals surface area (Å²) in [6, 6.07) is 19.1. The monoisotopic (exact) mass is 415 g/mol. The average Bonchev–Trinajstić information content (AvgIpc) is 3.10. The first-order chi connectivity index (χ1) is 15.0. The Morgan fingerprint density at radius 1 is 0.903 bits per heavy atom. The van der Waals surface area contributed by atoms with Crippen molar-refractivity contribution in [3.8, 4) is 11.5 Å². The number of carbonyl (C=O) groups is 2. The van der Waals surface area contributed by atoms with Gasteiger partial charge in [-0.15, -0.1) is 0 Å². The molecule has 0 radical (unpaired) electrons. The molecule has 4 rings (SSSR count). The maximum atomic E-state index is 13.3. The molecule has 0 saturated heterocycles. The molecule has 0 aliphatic carbocycles. The Morgan fingerprint density at radius 3 is 2.35 bits per heavy atom. The lowest BCUT2D eigenvalue weighted by molar-refractivity contribution is 0.102. The van der Waals surface area contributed by atoms with Gasteiger partial charge in [0.05, 0.1) is 31.0 Å². The normalized spacial score (nSPS) is 10.6. The highest BCUT2D eigenvalue weighted by Crippen LogP contribution is 2.30. The molecule has 0 bridgehead atoms. The van der Waals surface area contributed by atoms with Gasteiger partial charge in [-0.25, -0.2) is 0 Å². The van der Waals surface area contributed by atoms with Crippen LogP contribution in [0.25, 0.3) is 5.52 Å². The number of ketones is 1. The molecule has 7 heteroatoms. The van der Waals surface area contributed by atoms with E-state index in [1.54, 1.807) is 84.4 Å². The molecule has 0 atom stereocenters. The summed E-state index contributed by atoms with van der Waals surface area (Å²) in [5.74, 6) is 0.444. The first-order valence-electron chi connectivity index (χ1n) is 9.56. The molecule has 0 unspecified atom stereocenters. The average molecular weight is 415 g/mol. The number of benzene rings is 2. The largest absolute Gasteiger partial charge is 0.497 e. The molecule has 2 heterocycles. The summed E-state index contributed by atoms with van der Waals surface area (Å²) in [7, 11) is 3.09. The van der Waals surface area contributed by atoms with E-state index >= 15 is 0 Å². The van der Waals surface area contributed by atoms with Crippen LogP contribution < -0.4 is 20.5 Å². The van der Waals surface area contributed by atoms with Crippen LogP contribution in [0, 0.1) is 0 Å². The van der Waals surface area contributed by atoms with E-state index in [1.165, 1.54) is 7.11 Å². The molecular weight excluding hydrogens is 394 g/mol. The predicted octanol–water partition coefficient (Wildman–Crippen LogP) is 4.02. The van der Waals surface area contributed by atoms with Crippen molar-refractivity contribution < 1.29 is 19.1 Å². The first-order valence-corrected chi connectivity index (χ1v) is 9.56. The lowest BCUT2D eigenvalue weighted by Crippen LogP contribution is -2.14. The van der Waals surface area contributed by atoms with Crippen LogP contribution in [-0.2, 0) is 0 Å². The molecule has 0 fully saturated rings. The van der Waals surface area contributed by atoms with E-state index in [4.69, 9.17) is 15.2 Å². The van der Waals surface area contributed by atoms with E-state index in [0.717, 1.165) is 0 Å². The molecule has 2 aromatic heterocycles. The maximum Gasteiger partial charge on any atom is 0.259 e. The Balaban J connectivity index is 1.79. The van der Waals surface area contributed by atoms with E-state index in [0.29, 0.717) is 28.3 Å². The number of pyridine rings is 1. The van der Waals surface area contributed by atoms with Gasteiger partial charge in [0.15, 0.2) is 0 Å². The summed E-state index contributed by atoms with van der Waals surface area (Å²) in [6.07, 6.45) is 1.71. The highest BCUT2D eigenvalue weighted by atomic mass is 16.5. The van der Waals surface area contributed by atoms with Gasteiger partial charge < -0.3 is 24.9 Å². The fraction of sp³-hybridized carbons (Fsp3) is 0.0833. The van der Waals surface area contributed by atoms with Crippen LogP contribution in [0.15, 0.2) is 72.9 Å². The van der Waals surface area contributed by atoms with Crippen LogP contribution in [0.5, 0.6) is 11.5 Å². The van der Waals surface area contributed by atoms with Crippen molar-refractivity contribution in [2.45, 2.75) is 0 Å². The first kappa shape index (κ1) is 20.0. The number of fused-ring (bicyclic) bond motifs is 1. The number of nitrogens with one attached hydrogen (secondary N) is 1. The summed E-state index contributed by atoms with van der Waals surface area (Å²) in [6.45, 7) is 0. The van der Waals surface area contributed by atoms with Gasteiger partial charge in [-0.3, -0.25) is 9.59 Å². The topological polar surface area (TPSA) is 95.1 Å². The number of carbonyl (C=O) groups excluding carboxylic acids is 2. The number of amides is 1. The SMILES string of the molecule is COc1cccc(NC(=O)c2c(N)c(C(=O)c3cccc(OC)c3)n3ccccc23)c1. The summed E-state index contributed by atoms with van der Waals surface area (Å²) >= 11 is 0. The molecule has 156 valence electrons. The summed E-state index contributed by atoms with van der Waals surface area (Å²) in [4.78, 5) is 26.5. The molecule has 1 amide bonds. The number of nitrogen functional groups attached to an aromatic ring is 1. The third-order valence-corrected chi connectivity index (χ3v) is 4.98. The van der Waals surface area contributed by atoms with Gasteiger partial charge in [0.25, 0.3) is 5.91 Å². The zero-order valence-electron chi connectivity index (χ0n) is 17.1. The minimum absolute atomic E-state index is 0.111. The number of methoxy groups -OCH3 is 2. The lowest BCUT2D eigenvalue weighted by atomic mass is 10.1. The molecule has 0 aliphatic heterocycles. The second-order valence-corrected chi connectivity index (χ2v) is 6.84. The number of anilines is 2. The van der Waals surface area contributed by atoms with Crippen LogP contribution in [0.2, 0.25) is 0 Å². The van der Waals surface area contributed by atoms with Gasteiger partial charge in [-0.2, -0.15) is 0 Å². The predicted molar refractivity (Wildman–Crippen MR) is 119 cm³/mol. The number of ether oxygens (including phenoxy) is 2. The third kappa shape index (κ3) is 3.69. The number of nitrogens with zero attached hydrogens (tertiary/aromatic N) is 1. The number of nitrogens with two attached hydrogens (primary N) is 1. The van der Waals surface area contributed by atoms with E-state index in [-0.39, 0.29) is 22.7 Å². The van der Waals surface area contributed by atoms with Crippen molar-refractivity contribution in [2.24, 2.45) is 0 Å². The van der Waals surface area contributed by atoms with Crippen molar-refractivity contribution in [1.82, 2.24) is 4.40 Å².